The highest BCUT2D eigenvalue weighted by Crippen LogP contribution is 2.22. The average molecular weight is 255 g/mol. The number of nitrogens with zero attached hydrogens (tertiary/aromatic N) is 2. The van der Waals surface area contributed by atoms with Crippen molar-refractivity contribution in [1.29, 1.82) is 0 Å². The van der Waals surface area contributed by atoms with E-state index in [1.165, 1.54) is 16.8 Å². The summed E-state index contributed by atoms with van der Waals surface area (Å²) in [4.78, 5) is 6.52. The van der Waals surface area contributed by atoms with E-state index in [-0.39, 0.29) is 0 Å². The van der Waals surface area contributed by atoms with Gasteiger partial charge < -0.3 is 10.6 Å². The van der Waals surface area contributed by atoms with Gasteiger partial charge in [0, 0.05) is 36.9 Å². The van der Waals surface area contributed by atoms with Crippen molar-refractivity contribution in [2.24, 2.45) is 0 Å². The second-order valence-corrected chi connectivity index (χ2v) is 4.78. The van der Waals surface area contributed by atoms with Gasteiger partial charge in [0.2, 0.25) is 0 Å². The number of pyridine rings is 1. The molecular weight excluding hydrogens is 234 g/mol. The van der Waals surface area contributed by atoms with Gasteiger partial charge in [-0.25, -0.2) is 0 Å². The quantitative estimate of drug-likeness (QED) is 0.833. The Hall–Kier alpha value is -2.03. The molecule has 0 spiro atoms. The minimum atomic E-state index is 0.839. The van der Waals surface area contributed by atoms with Crippen molar-refractivity contribution < 1.29 is 0 Å². The van der Waals surface area contributed by atoms with Gasteiger partial charge in [0.05, 0.1) is 0 Å². The molecule has 1 aromatic heterocycles. The third kappa shape index (κ3) is 3.25. The molecule has 19 heavy (non-hydrogen) atoms. The maximum atomic E-state index is 6.04. The zero-order valence-corrected chi connectivity index (χ0v) is 11.6. The lowest BCUT2D eigenvalue weighted by molar-refractivity contribution is 0.765. The number of nitrogen functional groups attached to an aromatic ring is 1. The van der Waals surface area contributed by atoms with Crippen molar-refractivity contribution >= 4 is 11.4 Å². The predicted octanol–water partition coefficient (Wildman–Crippen LogP) is 3.39. The molecule has 0 unspecified atom stereocenters. The normalized spacial score (nSPS) is 10.4. The molecule has 0 aliphatic heterocycles. The lowest BCUT2D eigenvalue weighted by atomic mass is 10.1. The van der Waals surface area contributed by atoms with Crippen LogP contribution in [0.5, 0.6) is 0 Å². The molecule has 0 bridgehead atoms. The van der Waals surface area contributed by atoms with Crippen molar-refractivity contribution in [3.8, 4) is 0 Å². The van der Waals surface area contributed by atoms with Crippen molar-refractivity contribution in [3.63, 3.8) is 0 Å². The lowest BCUT2D eigenvalue weighted by Gasteiger charge is -2.26. The zero-order valence-electron chi connectivity index (χ0n) is 11.6. The molecular formula is C16H21N3. The van der Waals surface area contributed by atoms with Crippen LogP contribution in [0.4, 0.5) is 11.4 Å². The maximum Gasteiger partial charge on any atom is 0.0449 e. The van der Waals surface area contributed by atoms with Crippen LogP contribution < -0.4 is 10.6 Å². The third-order valence-electron chi connectivity index (χ3n) is 3.24. The molecule has 0 radical (unpaired) electrons. The summed E-state index contributed by atoms with van der Waals surface area (Å²) in [5, 5.41) is 0. The summed E-state index contributed by atoms with van der Waals surface area (Å²) in [7, 11) is 0. The average Bonchev–Trinajstić information content (AvgIpc) is 2.41. The Balaban J connectivity index is 2.27. The number of anilines is 2. The molecule has 3 heteroatoms. The molecule has 2 aromatic rings. The van der Waals surface area contributed by atoms with Crippen molar-refractivity contribution in [2.45, 2.75) is 26.8 Å². The Bertz CT molecular complexity index is 537. The standard InChI is InChI=1S/C16H21N3/c1-3-10-19(16-8-9-18-11-13(16)2)12-14-6-4-5-7-15(14)17/h4-9,11H,3,10,12,17H2,1-2H3. The summed E-state index contributed by atoms with van der Waals surface area (Å²) in [5.41, 5.74) is 10.5. The molecule has 100 valence electrons. The molecule has 0 fully saturated rings. The van der Waals surface area contributed by atoms with Crippen molar-refractivity contribution in [1.82, 2.24) is 4.98 Å². The number of rotatable bonds is 5. The molecule has 2 rings (SSSR count). The fraction of sp³-hybridized carbons (Fsp3) is 0.312. The van der Waals surface area contributed by atoms with Gasteiger partial charge in [-0.05, 0) is 36.6 Å². The summed E-state index contributed by atoms with van der Waals surface area (Å²) in [6.45, 7) is 6.14. The number of hydrogen-bond donors (Lipinski definition) is 1. The summed E-state index contributed by atoms with van der Waals surface area (Å²) >= 11 is 0. The van der Waals surface area contributed by atoms with Crippen molar-refractivity contribution in [3.05, 3.63) is 53.9 Å². The topological polar surface area (TPSA) is 42.1 Å². The molecule has 0 saturated carbocycles. The van der Waals surface area contributed by atoms with E-state index >= 15 is 0 Å². The van der Waals surface area contributed by atoms with Gasteiger partial charge in [0.15, 0.2) is 0 Å². The van der Waals surface area contributed by atoms with Crippen LogP contribution in [-0.4, -0.2) is 11.5 Å². The van der Waals surface area contributed by atoms with Crippen LogP contribution >= 0.6 is 0 Å². The third-order valence-corrected chi connectivity index (χ3v) is 3.24. The highest BCUT2D eigenvalue weighted by molar-refractivity contribution is 5.54. The van der Waals surface area contributed by atoms with E-state index in [0.29, 0.717) is 0 Å². The smallest absolute Gasteiger partial charge is 0.0449 e. The van der Waals surface area contributed by atoms with Gasteiger partial charge in [-0.3, -0.25) is 4.98 Å². The van der Waals surface area contributed by atoms with E-state index in [4.69, 9.17) is 5.73 Å². The Morgan fingerprint density at radius 1 is 1.21 bits per heavy atom. The Kier molecular flexibility index (Phi) is 4.39. The van der Waals surface area contributed by atoms with Crippen LogP contribution in [-0.2, 0) is 6.54 Å². The molecule has 1 aromatic carbocycles. The molecule has 1 heterocycles. The van der Waals surface area contributed by atoms with E-state index < -0.39 is 0 Å². The first-order chi connectivity index (χ1) is 9.22. The van der Waals surface area contributed by atoms with Gasteiger partial charge in [-0.15, -0.1) is 0 Å². The summed E-state index contributed by atoms with van der Waals surface area (Å²) in [5.74, 6) is 0. The number of nitrogens with two attached hydrogens (primary N) is 1. The van der Waals surface area contributed by atoms with Gasteiger partial charge >= 0.3 is 0 Å². The number of aromatic nitrogens is 1. The summed E-state index contributed by atoms with van der Waals surface area (Å²) < 4.78 is 0. The summed E-state index contributed by atoms with van der Waals surface area (Å²) in [6, 6.07) is 10.1. The molecule has 0 aliphatic rings. The highest BCUT2D eigenvalue weighted by atomic mass is 15.1. The summed E-state index contributed by atoms with van der Waals surface area (Å²) in [6.07, 6.45) is 4.86. The first kappa shape index (κ1) is 13.4. The highest BCUT2D eigenvalue weighted by Gasteiger charge is 2.10. The van der Waals surface area contributed by atoms with Crippen LogP contribution in [0.1, 0.15) is 24.5 Å². The number of benzene rings is 1. The zero-order chi connectivity index (χ0) is 13.7. The van der Waals surface area contributed by atoms with E-state index in [2.05, 4.69) is 35.9 Å². The Morgan fingerprint density at radius 2 is 2.00 bits per heavy atom. The number of aryl methyl sites for hydroxylation is 1. The van der Waals surface area contributed by atoms with Crippen LogP contribution in [0, 0.1) is 6.92 Å². The fourth-order valence-electron chi connectivity index (χ4n) is 2.26. The van der Waals surface area contributed by atoms with E-state index in [1.54, 1.807) is 0 Å². The van der Waals surface area contributed by atoms with E-state index in [0.717, 1.165) is 25.2 Å². The van der Waals surface area contributed by atoms with Gasteiger partial charge in [-0.2, -0.15) is 0 Å². The van der Waals surface area contributed by atoms with Crippen LogP contribution in [0.25, 0.3) is 0 Å². The SMILES string of the molecule is CCCN(Cc1ccccc1N)c1ccncc1C. The van der Waals surface area contributed by atoms with E-state index in [1.807, 2.05) is 30.6 Å². The van der Waals surface area contributed by atoms with E-state index in [9.17, 15) is 0 Å². The fourth-order valence-corrected chi connectivity index (χ4v) is 2.26. The van der Waals surface area contributed by atoms with Crippen LogP contribution in [0.2, 0.25) is 0 Å². The largest absolute Gasteiger partial charge is 0.398 e. The maximum absolute atomic E-state index is 6.04. The van der Waals surface area contributed by atoms with Crippen LogP contribution in [0.3, 0.4) is 0 Å². The first-order valence-electron chi connectivity index (χ1n) is 6.71. The van der Waals surface area contributed by atoms with Gasteiger partial charge in [0.1, 0.15) is 0 Å². The molecule has 0 atom stereocenters. The second-order valence-electron chi connectivity index (χ2n) is 4.78. The van der Waals surface area contributed by atoms with Gasteiger partial charge in [0.25, 0.3) is 0 Å². The molecule has 0 saturated heterocycles. The molecule has 0 aliphatic carbocycles. The van der Waals surface area contributed by atoms with Gasteiger partial charge in [-0.1, -0.05) is 25.1 Å². The lowest BCUT2D eigenvalue weighted by Crippen LogP contribution is -2.24. The minimum absolute atomic E-state index is 0.839. The first-order valence-corrected chi connectivity index (χ1v) is 6.71. The van der Waals surface area contributed by atoms with Crippen molar-refractivity contribution in [2.75, 3.05) is 17.2 Å². The Labute approximate surface area is 115 Å². The predicted molar refractivity (Wildman–Crippen MR) is 81.2 cm³/mol. The Morgan fingerprint density at radius 3 is 2.68 bits per heavy atom. The number of hydrogen-bond acceptors (Lipinski definition) is 3. The molecule has 2 N–H and O–H groups in total. The monoisotopic (exact) mass is 255 g/mol. The minimum Gasteiger partial charge on any atom is -0.398 e. The second kappa shape index (κ2) is 6.23. The van der Waals surface area contributed by atoms with Crippen LogP contribution in [0.15, 0.2) is 42.7 Å². The molecule has 3 nitrogen and oxygen atoms in total. The molecule has 0 amide bonds. The number of para-hydroxylation sites is 1.